The van der Waals surface area contributed by atoms with Gasteiger partial charge in [0.15, 0.2) is 5.82 Å². The predicted octanol–water partition coefficient (Wildman–Crippen LogP) is 5.32. The number of Topliss-reactive ketones (excluding diaryl/α,β-unsaturated/α-hetero) is 1. The number of nitrogens with one attached hydrogen (secondary N) is 1. The number of likely N-dealkylation sites (tertiary alicyclic amines) is 1. The van der Waals surface area contributed by atoms with Crippen molar-refractivity contribution in [1.29, 1.82) is 0 Å². The fraction of sp³-hybridized carbons (Fsp3) is 0.714. The average molecular weight is 625 g/mol. The number of methoxy groups -OCH3 is 1. The Morgan fingerprint density at radius 3 is 2.31 bits per heavy atom. The van der Waals surface area contributed by atoms with E-state index in [-0.39, 0.29) is 71.6 Å². The normalized spacial score (nSPS) is 19.9. The van der Waals surface area contributed by atoms with E-state index in [1.165, 1.54) is 0 Å². The van der Waals surface area contributed by atoms with Crippen LogP contribution in [0.15, 0.2) is 30.3 Å². The van der Waals surface area contributed by atoms with Gasteiger partial charge in [-0.15, -0.1) is 10.2 Å². The van der Waals surface area contributed by atoms with Gasteiger partial charge in [-0.25, -0.2) is 0 Å². The monoisotopic (exact) mass is 624 g/mol. The quantitative estimate of drug-likeness (QED) is 0.253. The topological polar surface area (TPSA) is 121 Å². The summed E-state index contributed by atoms with van der Waals surface area (Å²) in [4.78, 5) is 44.8. The Morgan fingerprint density at radius 2 is 1.73 bits per heavy atom. The molecule has 1 N–H and O–H groups in total. The van der Waals surface area contributed by atoms with Crippen LogP contribution in [0, 0.1) is 29.6 Å². The van der Waals surface area contributed by atoms with Crippen LogP contribution < -0.4 is 0 Å². The number of carbonyl (C=O) groups is 3. The van der Waals surface area contributed by atoms with Crippen LogP contribution in [0.25, 0.3) is 0 Å². The molecule has 1 aromatic heterocycles. The van der Waals surface area contributed by atoms with Crippen molar-refractivity contribution >= 4 is 17.6 Å². The number of hydrogen-bond donors (Lipinski definition) is 1. The van der Waals surface area contributed by atoms with Crippen molar-refractivity contribution in [2.24, 2.45) is 29.6 Å². The van der Waals surface area contributed by atoms with Gasteiger partial charge in [-0.3, -0.25) is 14.4 Å². The number of aromatic nitrogens is 4. The number of rotatable bonds is 17. The van der Waals surface area contributed by atoms with Crippen LogP contribution in [0.3, 0.4) is 0 Å². The van der Waals surface area contributed by atoms with Gasteiger partial charge >= 0.3 is 0 Å². The Morgan fingerprint density at radius 1 is 1.04 bits per heavy atom. The third-order valence-corrected chi connectivity index (χ3v) is 10.5. The molecular weight excluding hydrogens is 568 g/mol. The zero-order chi connectivity index (χ0) is 33.3. The Hall–Kier alpha value is -3.14. The molecule has 1 aromatic carbocycles. The van der Waals surface area contributed by atoms with Crippen LogP contribution in [0.2, 0.25) is 0 Å². The lowest BCUT2D eigenvalue weighted by Crippen LogP contribution is -2.53. The van der Waals surface area contributed by atoms with E-state index in [2.05, 4.69) is 55.2 Å². The maximum absolute atomic E-state index is 13.9. The Bertz CT molecular complexity index is 1210. The molecule has 1 aliphatic heterocycles. The number of ketones is 1. The predicted molar refractivity (Wildman–Crippen MR) is 175 cm³/mol. The van der Waals surface area contributed by atoms with E-state index in [1.807, 2.05) is 61.0 Å². The summed E-state index contributed by atoms with van der Waals surface area (Å²) in [7, 11) is 3.49. The highest BCUT2D eigenvalue weighted by Crippen LogP contribution is 2.33. The lowest BCUT2D eigenvalue weighted by atomic mass is 9.81. The molecule has 45 heavy (non-hydrogen) atoms. The molecule has 0 bridgehead atoms. The lowest BCUT2D eigenvalue weighted by Gasteiger charge is -2.40. The maximum atomic E-state index is 13.9. The van der Waals surface area contributed by atoms with Gasteiger partial charge in [0.1, 0.15) is 5.78 Å². The number of ether oxygens (including phenoxy) is 1. The molecule has 250 valence electrons. The van der Waals surface area contributed by atoms with E-state index in [1.54, 1.807) is 7.11 Å². The van der Waals surface area contributed by atoms with Crippen molar-refractivity contribution in [2.45, 2.75) is 111 Å². The third-order valence-electron chi connectivity index (χ3n) is 10.5. The second-order valence-electron chi connectivity index (χ2n) is 13.6. The number of hydrogen-bond acceptors (Lipinski definition) is 7. The van der Waals surface area contributed by atoms with Crippen LogP contribution in [0.5, 0.6) is 0 Å². The van der Waals surface area contributed by atoms with E-state index in [4.69, 9.17) is 4.74 Å². The Balaban J connectivity index is 1.72. The molecule has 0 aliphatic carbocycles. The van der Waals surface area contributed by atoms with Crippen molar-refractivity contribution in [3.05, 3.63) is 41.7 Å². The summed E-state index contributed by atoms with van der Waals surface area (Å²) in [5.74, 6) is 0.582. The van der Waals surface area contributed by atoms with Gasteiger partial charge in [-0.2, -0.15) is 5.21 Å². The Kier molecular flexibility index (Phi) is 13.7. The van der Waals surface area contributed by atoms with Gasteiger partial charge in [0.2, 0.25) is 11.8 Å². The summed E-state index contributed by atoms with van der Waals surface area (Å²) in [6, 6.07) is 9.79. The van der Waals surface area contributed by atoms with Gasteiger partial charge < -0.3 is 14.5 Å². The fourth-order valence-electron chi connectivity index (χ4n) is 6.83. The summed E-state index contributed by atoms with van der Waals surface area (Å²) in [6.45, 7) is 15.1. The molecule has 1 saturated heterocycles. The number of aromatic amines is 1. The number of tetrazole rings is 1. The molecule has 10 heteroatoms. The van der Waals surface area contributed by atoms with Crippen molar-refractivity contribution in [1.82, 2.24) is 30.4 Å². The zero-order valence-corrected chi connectivity index (χ0v) is 28.9. The van der Waals surface area contributed by atoms with Gasteiger partial charge in [-0.05, 0) is 42.6 Å². The highest BCUT2D eigenvalue weighted by Gasteiger charge is 2.41. The molecule has 10 nitrogen and oxygen atoms in total. The fourth-order valence-corrected chi connectivity index (χ4v) is 6.83. The molecule has 2 amide bonds. The molecule has 2 aromatic rings. The first-order chi connectivity index (χ1) is 21.4. The Labute approximate surface area is 270 Å². The molecular formula is C35H56N6O4. The van der Waals surface area contributed by atoms with E-state index in [9.17, 15) is 14.4 Å². The SMILES string of the molecule is CC[C@H](C)[C@@H]([C@@H](CC(=O)N1CCC[C@H]1[C@H](C)[C@@H](C)C(=O)C[C@@H](Cc1ccccc1)c1nn[nH]n1)OC)N(C)C(=O)[C@@H](C)C(C)C. The van der Waals surface area contributed by atoms with Gasteiger partial charge in [0.05, 0.1) is 18.6 Å². The summed E-state index contributed by atoms with van der Waals surface area (Å²) in [5, 5.41) is 14.7. The highest BCUT2D eigenvalue weighted by molar-refractivity contribution is 5.82. The number of H-pyrrole nitrogens is 1. The van der Waals surface area contributed by atoms with Crippen LogP contribution >= 0.6 is 0 Å². The number of nitrogens with zero attached hydrogens (tertiary/aromatic N) is 5. The van der Waals surface area contributed by atoms with Crippen molar-refractivity contribution in [2.75, 3.05) is 20.7 Å². The molecule has 3 rings (SSSR count). The van der Waals surface area contributed by atoms with E-state index in [0.29, 0.717) is 25.2 Å². The van der Waals surface area contributed by atoms with Gasteiger partial charge in [0.25, 0.3) is 0 Å². The molecule has 8 atom stereocenters. The van der Waals surface area contributed by atoms with Crippen molar-refractivity contribution < 1.29 is 19.1 Å². The summed E-state index contributed by atoms with van der Waals surface area (Å²) in [6.07, 6.45) is 3.34. The van der Waals surface area contributed by atoms with Crippen LogP contribution in [0.4, 0.5) is 0 Å². The summed E-state index contributed by atoms with van der Waals surface area (Å²) >= 11 is 0. The second-order valence-corrected chi connectivity index (χ2v) is 13.6. The molecule has 0 radical (unpaired) electrons. The number of benzene rings is 1. The summed E-state index contributed by atoms with van der Waals surface area (Å²) in [5.41, 5.74) is 1.11. The largest absolute Gasteiger partial charge is 0.379 e. The van der Waals surface area contributed by atoms with Gasteiger partial charge in [0, 0.05) is 50.9 Å². The molecule has 1 aliphatic rings. The summed E-state index contributed by atoms with van der Waals surface area (Å²) < 4.78 is 5.97. The minimum Gasteiger partial charge on any atom is -0.379 e. The van der Waals surface area contributed by atoms with Crippen molar-refractivity contribution in [3.8, 4) is 0 Å². The lowest BCUT2D eigenvalue weighted by molar-refractivity contribution is -0.146. The number of amides is 2. The zero-order valence-electron chi connectivity index (χ0n) is 28.9. The maximum Gasteiger partial charge on any atom is 0.225 e. The van der Waals surface area contributed by atoms with Crippen LogP contribution in [0.1, 0.15) is 97.9 Å². The van der Waals surface area contributed by atoms with Gasteiger partial charge in [-0.1, -0.05) is 90.4 Å². The molecule has 1 fully saturated rings. The van der Waals surface area contributed by atoms with E-state index in [0.717, 1.165) is 24.8 Å². The molecule has 0 spiro atoms. The molecule has 2 heterocycles. The van der Waals surface area contributed by atoms with E-state index >= 15 is 0 Å². The van der Waals surface area contributed by atoms with E-state index < -0.39 is 6.10 Å². The van der Waals surface area contributed by atoms with Crippen molar-refractivity contribution in [3.63, 3.8) is 0 Å². The third kappa shape index (κ3) is 9.21. The average Bonchev–Trinajstić information content (AvgIpc) is 3.76. The van der Waals surface area contributed by atoms with Crippen LogP contribution in [-0.4, -0.2) is 86.9 Å². The molecule has 0 unspecified atom stereocenters. The molecule has 0 saturated carbocycles. The standard InChI is InChI=1S/C35H56N6O4/c1-10-23(4)33(40(8)35(44)24(5)22(2)3)31(45-9)21-32(43)41-18-14-17-29(41)25(6)26(7)30(42)20-28(34-36-38-39-37-34)19-27-15-12-11-13-16-27/h11-13,15-16,22-26,28-29,31,33H,10,14,17-21H2,1-9H3,(H,36,37,38,39)/t23-,24-,25+,26+,28+,29-,31+,33-/m0/s1. The van der Waals surface area contributed by atoms with Crippen LogP contribution in [-0.2, 0) is 25.5 Å². The first-order valence-corrected chi connectivity index (χ1v) is 16.8. The minimum atomic E-state index is -0.426. The minimum absolute atomic E-state index is 0.0194. The first-order valence-electron chi connectivity index (χ1n) is 16.8. The number of likely N-dealkylation sites (N-methyl/N-ethyl adjacent to an activating group) is 1. The highest BCUT2D eigenvalue weighted by atomic mass is 16.5. The first kappa shape index (κ1) is 36.3. The smallest absolute Gasteiger partial charge is 0.225 e. The second kappa shape index (κ2) is 17.0. The number of carbonyl (C=O) groups excluding carboxylic acids is 3.